The number of hydrogen-bond acceptors (Lipinski definition) is 6. The predicted molar refractivity (Wildman–Crippen MR) is 142 cm³/mol. The van der Waals surface area contributed by atoms with Gasteiger partial charge in [0.05, 0.1) is 21.3 Å². The van der Waals surface area contributed by atoms with Gasteiger partial charge in [0.25, 0.3) is 5.91 Å². The minimum atomic E-state index is -3.65. The van der Waals surface area contributed by atoms with E-state index in [2.05, 4.69) is 10.1 Å². The second-order valence-corrected chi connectivity index (χ2v) is 10.9. The number of hydrogen-bond donors (Lipinski definition) is 0. The second kappa shape index (κ2) is 10.7. The number of amides is 1. The molecular formula is C26H25FN4O3S2. The lowest BCUT2D eigenvalue weighted by atomic mass is 10.2. The number of halogens is 1. The highest BCUT2D eigenvalue weighted by Crippen LogP contribution is 2.31. The Kier molecular flexibility index (Phi) is 7.58. The van der Waals surface area contributed by atoms with Crippen molar-refractivity contribution in [1.29, 1.82) is 0 Å². The summed E-state index contributed by atoms with van der Waals surface area (Å²) in [7, 11) is -3.65. The second-order valence-electron chi connectivity index (χ2n) is 7.99. The summed E-state index contributed by atoms with van der Waals surface area (Å²) in [5.41, 5.74) is 2.65. The quantitative estimate of drug-likeness (QED) is 0.227. The molecule has 0 saturated heterocycles. The largest absolute Gasteiger partial charge is 0.280 e. The SMILES string of the molecule is CCN(CC)S(=O)(=O)c1ccc(C(=O)N(/N=C/c2ccc(C)cc2)c2nc3ccc(F)cc3s2)cc1. The van der Waals surface area contributed by atoms with Gasteiger partial charge in [-0.05, 0) is 55.0 Å². The number of aryl methyl sites for hydroxylation is 1. The lowest BCUT2D eigenvalue weighted by molar-refractivity contribution is 0.0987. The van der Waals surface area contributed by atoms with Crippen molar-refractivity contribution in [2.45, 2.75) is 25.7 Å². The molecule has 0 N–H and O–H groups in total. The molecule has 7 nitrogen and oxygen atoms in total. The van der Waals surface area contributed by atoms with Gasteiger partial charge in [0, 0.05) is 18.7 Å². The highest BCUT2D eigenvalue weighted by molar-refractivity contribution is 7.89. The van der Waals surface area contributed by atoms with Crippen LogP contribution in [0.2, 0.25) is 0 Å². The molecule has 4 aromatic rings. The summed E-state index contributed by atoms with van der Waals surface area (Å²) in [5.74, 6) is -0.895. The van der Waals surface area contributed by atoms with E-state index < -0.39 is 21.7 Å². The van der Waals surface area contributed by atoms with E-state index in [1.807, 2.05) is 31.2 Å². The third-order valence-corrected chi connectivity index (χ3v) is 8.61. The Morgan fingerprint density at radius 3 is 2.33 bits per heavy atom. The lowest BCUT2D eigenvalue weighted by Crippen LogP contribution is -2.30. The number of sulfonamides is 1. The maximum Gasteiger partial charge on any atom is 0.280 e. The van der Waals surface area contributed by atoms with Gasteiger partial charge in [-0.1, -0.05) is 55.0 Å². The van der Waals surface area contributed by atoms with Crippen LogP contribution in [0.25, 0.3) is 10.2 Å². The summed E-state index contributed by atoms with van der Waals surface area (Å²) < 4.78 is 41.3. The predicted octanol–water partition coefficient (Wildman–Crippen LogP) is 5.46. The number of nitrogens with zero attached hydrogens (tertiary/aromatic N) is 4. The van der Waals surface area contributed by atoms with Crippen molar-refractivity contribution >= 4 is 48.8 Å². The Bertz CT molecular complexity index is 1510. The number of carbonyl (C=O) groups excluding carboxylic acids is 1. The molecule has 0 aliphatic heterocycles. The summed E-state index contributed by atoms with van der Waals surface area (Å²) in [6, 6.07) is 17.6. The smallest absolute Gasteiger partial charge is 0.267 e. The molecule has 0 radical (unpaired) electrons. The fourth-order valence-electron chi connectivity index (χ4n) is 3.55. The molecule has 36 heavy (non-hydrogen) atoms. The zero-order chi connectivity index (χ0) is 25.9. The number of hydrazone groups is 1. The maximum absolute atomic E-state index is 13.7. The Hall–Kier alpha value is -3.47. The van der Waals surface area contributed by atoms with Crippen molar-refractivity contribution in [1.82, 2.24) is 9.29 Å². The first-order valence-electron chi connectivity index (χ1n) is 11.3. The zero-order valence-corrected chi connectivity index (χ0v) is 21.7. The van der Waals surface area contributed by atoms with Gasteiger partial charge in [0.1, 0.15) is 5.82 Å². The molecule has 0 fully saturated rings. The van der Waals surface area contributed by atoms with E-state index in [-0.39, 0.29) is 15.6 Å². The zero-order valence-electron chi connectivity index (χ0n) is 20.1. The van der Waals surface area contributed by atoms with Gasteiger partial charge < -0.3 is 0 Å². The van der Waals surface area contributed by atoms with Crippen molar-refractivity contribution in [3.05, 3.63) is 89.2 Å². The molecule has 0 saturated carbocycles. The van der Waals surface area contributed by atoms with Gasteiger partial charge in [-0.2, -0.15) is 14.4 Å². The van der Waals surface area contributed by atoms with E-state index in [9.17, 15) is 17.6 Å². The van der Waals surface area contributed by atoms with E-state index >= 15 is 0 Å². The number of rotatable bonds is 8. The van der Waals surface area contributed by atoms with Crippen LogP contribution in [0, 0.1) is 12.7 Å². The summed E-state index contributed by atoms with van der Waals surface area (Å²) in [6.07, 6.45) is 1.54. The van der Waals surface area contributed by atoms with Crippen molar-refractivity contribution in [3.63, 3.8) is 0 Å². The summed E-state index contributed by atoms with van der Waals surface area (Å²) in [6.45, 7) is 6.21. The highest BCUT2D eigenvalue weighted by Gasteiger charge is 2.24. The Balaban J connectivity index is 1.71. The van der Waals surface area contributed by atoms with Crippen LogP contribution in [0.4, 0.5) is 9.52 Å². The van der Waals surface area contributed by atoms with E-state index in [4.69, 9.17) is 0 Å². The van der Waals surface area contributed by atoms with Gasteiger partial charge in [-0.25, -0.2) is 17.8 Å². The molecule has 1 aromatic heterocycles. The van der Waals surface area contributed by atoms with E-state index in [1.54, 1.807) is 26.1 Å². The fourth-order valence-corrected chi connectivity index (χ4v) is 5.95. The van der Waals surface area contributed by atoms with Crippen LogP contribution in [-0.4, -0.2) is 42.9 Å². The number of fused-ring (bicyclic) bond motifs is 1. The molecule has 0 atom stereocenters. The molecule has 4 rings (SSSR count). The molecule has 0 bridgehead atoms. The van der Waals surface area contributed by atoms with Crippen LogP contribution in [0.1, 0.15) is 35.3 Å². The van der Waals surface area contributed by atoms with Gasteiger partial charge >= 0.3 is 0 Å². The third kappa shape index (κ3) is 5.35. The van der Waals surface area contributed by atoms with E-state index in [0.29, 0.717) is 23.3 Å². The van der Waals surface area contributed by atoms with Gasteiger partial charge in [-0.15, -0.1) is 0 Å². The molecule has 186 valence electrons. The summed E-state index contributed by atoms with van der Waals surface area (Å²) in [4.78, 5) is 18.1. The third-order valence-electron chi connectivity index (χ3n) is 5.56. The van der Waals surface area contributed by atoms with Crippen LogP contribution >= 0.6 is 11.3 Å². The molecule has 1 amide bonds. The number of thiazole rings is 1. The number of carbonyl (C=O) groups is 1. The van der Waals surface area contributed by atoms with E-state index in [0.717, 1.165) is 27.5 Å². The molecule has 0 unspecified atom stereocenters. The minimum absolute atomic E-state index is 0.105. The first-order chi connectivity index (χ1) is 17.2. The maximum atomic E-state index is 13.7. The molecule has 0 spiro atoms. The lowest BCUT2D eigenvalue weighted by Gasteiger charge is -2.19. The van der Waals surface area contributed by atoms with Gasteiger partial charge in [0.15, 0.2) is 0 Å². The van der Waals surface area contributed by atoms with Crippen LogP contribution in [-0.2, 0) is 10.0 Å². The van der Waals surface area contributed by atoms with Crippen LogP contribution in [0.15, 0.2) is 76.7 Å². The standard InChI is InChI=1S/C26H25FN4O3S2/c1-4-30(5-2)36(33,34)22-13-10-20(11-14-22)25(32)31(28-17-19-8-6-18(3)7-9-19)26-29-23-15-12-21(27)16-24(23)35-26/h6-17H,4-5H2,1-3H3/b28-17+. The summed E-state index contributed by atoms with van der Waals surface area (Å²) in [5, 5.41) is 5.82. The first kappa shape index (κ1) is 25.6. The first-order valence-corrected chi connectivity index (χ1v) is 13.6. The Morgan fingerprint density at radius 1 is 1.03 bits per heavy atom. The van der Waals surface area contributed by atoms with Crippen LogP contribution < -0.4 is 5.01 Å². The molecule has 1 heterocycles. The van der Waals surface area contributed by atoms with Gasteiger partial charge in [-0.3, -0.25) is 4.79 Å². The minimum Gasteiger partial charge on any atom is -0.267 e. The van der Waals surface area contributed by atoms with Gasteiger partial charge in [0.2, 0.25) is 15.2 Å². The summed E-state index contributed by atoms with van der Waals surface area (Å²) >= 11 is 1.14. The van der Waals surface area contributed by atoms with Crippen LogP contribution in [0.3, 0.4) is 0 Å². The molecule has 0 aliphatic rings. The van der Waals surface area contributed by atoms with Crippen molar-refractivity contribution in [3.8, 4) is 0 Å². The van der Waals surface area contributed by atoms with Crippen LogP contribution in [0.5, 0.6) is 0 Å². The number of aromatic nitrogens is 1. The van der Waals surface area contributed by atoms with Crippen molar-refractivity contribution in [2.75, 3.05) is 18.1 Å². The average Bonchev–Trinajstić information content (AvgIpc) is 3.28. The topological polar surface area (TPSA) is 82.9 Å². The molecule has 3 aromatic carbocycles. The Labute approximate surface area is 213 Å². The molecular weight excluding hydrogens is 499 g/mol. The number of anilines is 1. The van der Waals surface area contributed by atoms with Crippen molar-refractivity contribution in [2.24, 2.45) is 5.10 Å². The average molecular weight is 525 g/mol. The molecule has 10 heteroatoms. The van der Waals surface area contributed by atoms with E-state index in [1.165, 1.54) is 40.7 Å². The fraction of sp³-hybridized carbons (Fsp3) is 0.192. The normalized spacial score (nSPS) is 12.0. The molecule has 0 aliphatic carbocycles. The monoisotopic (exact) mass is 524 g/mol. The Morgan fingerprint density at radius 2 is 1.69 bits per heavy atom. The highest BCUT2D eigenvalue weighted by atomic mass is 32.2. The van der Waals surface area contributed by atoms with Crippen molar-refractivity contribution < 1.29 is 17.6 Å². The number of benzene rings is 3.